The third kappa shape index (κ3) is 4.08. The van der Waals surface area contributed by atoms with Gasteiger partial charge in [-0.1, -0.05) is 19.8 Å². The van der Waals surface area contributed by atoms with Crippen molar-refractivity contribution < 1.29 is 4.74 Å². The maximum atomic E-state index is 5.74. The van der Waals surface area contributed by atoms with Crippen molar-refractivity contribution >= 4 is 0 Å². The number of unbranched alkanes of at least 4 members (excludes halogenated alkanes) is 2. The molecule has 0 aliphatic rings. The van der Waals surface area contributed by atoms with E-state index in [0.29, 0.717) is 0 Å². The van der Waals surface area contributed by atoms with Gasteiger partial charge in [0.15, 0.2) is 0 Å². The van der Waals surface area contributed by atoms with Crippen molar-refractivity contribution in [2.24, 2.45) is 0 Å². The van der Waals surface area contributed by atoms with Gasteiger partial charge in [0, 0.05) is 23.4 Å². The Bertz CT molecular complexity index is 546. The Morgan fingerprint density at radius 2 is 1.95 bits per heavy atom. The average molecular weight is 287 g/mol. The number of hydrogen-bond acceptors (Lipinski definition) is 3. The highest BCUT2D eigenvalue weighted by atomic mass is 16.5. The van der Waals surface area contributed by atoms with Crippen LogP contribution in [0.3, 0.4) is 0 Å². The number of hydrogen-bond donors (Lipinski definition) is 2. The summed E-state index contributed by atoms with van der Waals surface area (Å²) >= 11 is 0. The van der Waals surface area contributed by atoms with Crippen LogP contribution in [0.5, 0.6) is 5.75 Å². The number of aromatic amines is 1. The number of benzene rings is 1. The summed E-state index contributed by atoms with van der Waals surface area (Å²) in [4.78, 5) is 0. The van der Waals surface area contributed by atoms with Gasteiger partial charge in [-0.25, -0.2) is 0 Å². The number of nitrogens with one attached hydrogen (secondary N) is 2. The molecule has 1 aromatic heterocycles. The van der Waals surface area contributed by atoms with E-state index in [4.69, 9.17) is 4.74 Å². The smallest absolute Gasteiger partial charge is 0.119 e. The zero-order chi connectivity index (χ0) is 15.1. The first-order valence-corrected chi connectivity index (χ1v) is 7.68. The predicted octanol–water partition coefficient (Wildman–Crippen LogP) is 3.67. The van der Waals surface area contributed by atoms with Gasteiger partial charge in [-0.15, -0.1) is 0 Å². The Kier molecular flexibility index (Phi) is 5.81. The molecule has 4 heteroatoms. The minimum atomic E-state index is 0.791. The summed E-state index contributed by atoms with van der Waals surface area (Å²) in [7, 11) is 1.95. The molecule has 4 nitrogen and oxygen atoms in total. The molecule has 0 bridgehead atoms. The van der Waals surface area contributed by atoms with E-state index in [-0.39, 0.29) is 0 Å². The lowest BCUT2D eigenvalue weighted by molar-refractivity contribution is 0.306. The first-order chi connectivity index (χ1) is 10.3. The topological polar surface area (TPSA) is 49.9 Å². The Balaban J connectivity index is 2.05. The largest absolute Gasteiger partial charge is 0.494 e. The predicted molar refractivity (Wildman–Crippen MR) is 86.5 cm³/mol. The molecule has 2 rings (SSSR count). The molecule has 0 spiro atoms. The van der Waals surface area contributed by atoms with E-state index < -0.39 is 0 Å². The highest BCUT2D eigenvalue weighted by molar-refractivity contribution is 5.64. The zero-order valence-electron chi connectivity index (χ0n) is 13.2. The third-order valence-electron chi connectivity index (χ3n) is 3.57. The van der Waals surface area contributed by atoms with E-state index in [0.717, 1.165) is 42.3 Å². The lowest BCUT2D eigenvalue weighted by Gasteiger charge is -2.07. The van der Waals surface area contributed by atoms with E-state index in [1.165, 1.54) is 18.4 Å². The van der Waals surface area contributed by atoms with Crippen LogP contribution in [-0.4, -0.2) is 23.9 Å². The van der Waals surface area contributed by atoms with Crippen LogP contribution in [0.2, 0.25) is 0 Å². The highest BCUT2D eigenvalue weighted by Gasteiger charge is 2.11. The van der Waals surface area contributed by atoms with Gasteiger partial charge in [0.05, 0.1) is 12.3 Å². The SMILES string of the molecule is CCCCCOc1ccc(-c2n[nH]c(C)c2CNC)cc1. The number of H-pyrrole nitrogens is 1. The summed E-state index contributed by atoms with van der Waals surface area (Å²) in [5.74, 6) is 0.928. The van der Waals surface area contributed by atoms with Gasteiger partial charge in [-0.3, -0.25) is 5.10 Å². The van der Waals surface area contributed by atoms with E-state index in [1.54, 1.807) is 0 Å². The van der Waals surface area contributed by atoms with Crippen LogP contribution in [0.4, 0.5) is 0 Å². The molecule has 1 heterocycles. The Morgan fingerprint density at radius 1 is 1.19 bits per heavy atom. The van der Waals surface area contributed by atoms with Gasteiger partial charge in [0.1, 0.15) is 5.75 Å². The summed E-state index contributed by atoms with van der Waals surface area (Å²) in [6.45, 7) is 5.85. The highest BCUT2D eigenvalue weighted by Crippen LogP contribution is 2.25. The number of ether oxygens (including phenoxy) is 1. The molecule has 0 aliphatic carbocycles. The minimum absolute atomic E-state index is 0.791. The second-order valence-electron chi connectivity index (χ2n) is 5.29. The van der Waals surface area contributed by atoms with Crippen molar-refractivity contribution in [2.75, 3.05) is 13.7 Å². The lowest BCUT2D eigenvalue weighted by Crippen LogP contribution is -2.06. The third-order valence-corrected chi connectivity index (χ3v) is 3.57. The van der Waals surface area contributed by atoms with Crippen LogP contribution in [0, 0.1) is 6.92 Å². The second-order valence-corrected chi connectivity index (χ2v) is 5.29. The van der Waals surface area contributed by atoms with Gasteiger partial charge in [0.25, 0.3) is 0 Å². The monoisotopic (exact) mass is 287 g/mol. The van der Waals surface area contributed by atoms with Gasteiger partial charge in [-0.05, 0) is 44.7 Å². The molecule has 21 heavy (non-hydrogen) atoms. The van der Waals surface area contributed by atoms with Crippen molar-refractivity contribution in [1.29, 1.82) is 0 Å². The average Bonchev–Trinajstić information content (AvgIpc) is 2.86. The summed E-state index contributed by atoms with van der Waals surface area (Å²) in [6.07, 6.45) is 3.55. The van der Waals surface area contributed by atoms with Gasteiger partial charge in [-0.2, -0.15) is 5.10 Å². The Hall–Kier alpha value is -1.81. The zero-order valence-corrected chi connectivity index (χ0v) is 13.2. The summed E-state index contributed by atoms with van der Waals surface area (Å²) in [5.41, 5.74) is 4.46. The summed E-state index contributed by atoms with van der Waals surface area (Å²) < 4.78 is 5.74. The van der Waals surface area contributed by atoms with E-state index >= 15 is 0 Å². The number of aryl methyl sites for hydroxylation is 1. The van der Waals surface area contributed by atoms with Crippen LogP contribution in [0.15, 0.2) is 24.3 Å². The summed E-state index contributed by atoms with van der Waals surface area (Å²) in [5, 5.41) is 10.7. The van der Waals surface area contributed by atoms with Gasteiger partial charge < -0.3 is 10.1 Å². The molecule has 1 aromatic carbocycles. The molecule has 0 saturated carbocycles. The number of aromatic nitrogens is 2. The van der Waals surface area contributed by atoms with Crippen LogP contribution < -0.4 is 10.1 Å². The maximum Gasteiger partial charge on any atom is 0.119 e. The van der Waals surface area contributed by atoms with Crippen molar-refractivity contribution in [3.63, 3.8) is 0 Å². The fourth-order valence-corrected chi connectivity index (χ4v) is 2.34. The molecule has 2 N–H and O–H groups in total. The second kappa shape index (κ2) is 7.84. The Labute approximate surface area is 126 Å². The normalized spacial score (nSPS) is 10.8. The molecule has 0 radical (unpaired) electrons. The fraction of sp³-hybridized carbons (Fsp3) is 0.471. The minimum Gasteiger partial charge on any atom is -0.494 e. The van der Waals surface area contributed by atoms with Crippen molar-refractivity contribution in [3.8, 4) is 17.0 Å². The summed E-state index contributed by atoms with van der Waals surface area (Å²) in [6, 6.07) is 8.19. The molecule has 2 aromatic rings. The first kappa shape index (κ1) is 15.6. The van der Waals surface area contributed by atoms with Crippen molar-refractivity contribution in [3.05, 3.63) is 35.5 Å². The molecular weight excluding hydrogens is 262 g/mol. The molecule has 114 valence electrons. The van der Waals surface area contributed by atoms with Crippen molar-refractivity contribution in [2.45, 2.75) is 39.7 Å². The number of rotatable bonds is 8. The molecule has 0 fully saturated rings. The van der Waals surface area contributed by atoms with E-state index in [1.807, 2.05) is 26.1 Å². The molecule has 0 amide bonds. The maximum absolute atomic E-state index is 5.74. The quantitative estimate of drug-likeness (QED) is 0.728. The molecule has 0 unspecified atom stereocenters. The van der Waals surface area contributed by atoms with Gasteiger partial charge in [0.2, 0.25) is 0 Å². The molecule has 0 atom stereocenters. The number of nitrogens with zero attached hydrogens (tertiary/aromatic N) is 1. The lowest BCUT2D eigenvalue weighted by atomic mass is 10.1. The van der Waals surface area contributed by atoms with Crippen LogP contribution in [0.25, 0.3) is 11.3 Å². The standard InChI is InChI=1S/C17H25N3O/c1-4-5-6-11-21-15-9-7-14(8-10-15)17-16(12-18-3)13(2)19-20-17/h7-10,18H,4-6,11-12H2,1-3H3,(H,19,20). The fourth-order valence-electron chi connectivity index (χ4n) is 2.34. The first-order valence-electron chi connectivity index (χ1n) is 7.68. The Morgan fingerprint density at radius 3 is 2.62 bits per heavy atom. The molecular formula is C17H25N3O. The molecule has 0 aliphatic heterocycles. The van der Waals surface area contributed by atoms with Crippen molar-refractivity contribution in [1.82, 2.24) is 15.5 Å². The van der Waals surface area contributed by atoms with E-state index in [2.05, 4.69) is 34.6 Å². The van der Waals surface area contributed by atoms with Crippen LogP contribution >= 0.6 is 0 Å². The van der Waals surface area contributed by atoms with Crippen LogP contribution in [0.1, 0.15) is 37.4 Å². The van der Waals surface area contributed by atoms with Crippen LogP contribution in [-0.2, 0) is 6.54 Å². The van der Waals surface area contributed by atoms with Gasteiger partial charge >= 0.3 is 0 Å². The molecule has 0 saturated heterocycles. The van der Waals surface area contributed by atoms with E-state index in [9.17, 15) is 0 Å².